The van der Waals surface area contributed by atoms with Gasteiger partial charge in [-0.2, -0.15) is 4.31 Å². The predicted octanol–water partition coefficient (Wildman–Crippen LogP) is 5.26. The van der Waals surface area contributed by atoms with Gasteiger partial charge in [-0.25, -0.2) is 12.8 Å². The molecule has 0 spiro atoms. The Kier molecular flexibility index (Phi) is 7.42. The van der Waals surface area contributed by atoms with Gasteiger partial charge in [0.05, 0.1) is 5.92 Å². The zero-order valence-corrected chi connectivity index (χ0v) is 21.7. The van der Waals surface area contributed by atoms with E-state index in [4.69, 9.17) is 4.52 Å². The Hall–Kier alpha value is -3.30. The van der Waals surface area contributed by atoms with E-state index in [9.17, 15) is 17.6 Å². The summed E-state index contributed by atoms with van der Waals surface area (Å²) in [6.45, 7) is 7.78. The molecule has 190 valence electrons. The van der Waals surface area contributed by atoms with Gasteiger partial charge in [0.2, 0.25) is 15.9 Å². The lowest BCUT2D eigenvalue weighted by Crippen LogP contribution is -2.44. The van der Waals surface area contributed by atoms with Gasteiger partial charge in [0.15, 0.2) is 10.7 Å². The predicted molar refractivity (Wildman–Crippen MR) is 137 cm³/mol. The maximum Gasteiger partial charge on any atom is 0.248 e. The van der Waals surface area contributed by atoms with Crippen molar-refractivity contribution >= 4 is 33.8 Å². The van der Waals surface area contributed by atoms with Crippen molar-refractivity contribution in [3.8, 4) is 0 Å². The lowest BCUT2D eigenvalue weighted by molar-refractivity contribution is -0.120. The topological polar surface area (TPSA) is 92.5 Å². The van der Waals surface area contributed by atoms with Crippen LogP contribution in [0.1, 0.15) is 46.5 Å². The molecule has 0 aliphatic carbocycles. The van der Waals surface area contributed by atoms with Crippen LogP contribution in [-0.2, 0) is 14.8 Å². The Morgan fingerprint density at radius 1 is 1.14 bits per heavy atom. The third kappa shape index (κ3) is 5.27. The van der Waals surface area contributed by atoms with Gasteiger partial charge in [-0.05, 0) is 69.9 Å². The number of anilines is 1. The first-order chi connectivity index (χ1) is 17.1. The number of nitrogens with zero attached hydrogens (tertiary/aromatic N) is 2. The quantitative estimate of drug-likeness (QED) is 0.488. The normalized spacial score (nSPS) is 17.0. The molecule has 1 aliphatic rings. The number of aromatic nitrogens is 1. The number of hydrogen-bond donors (Lipinski definition) is 1. The van der Waals surface area contributed by atoms with Gasteiger partial charge in [0.1, 0.15) is 11.5 Å². The molecule has 0 unspecified atom stereocenters. The van der Waals surface area contributed by atoms with Crippen LogP contribution in [0.5, 0.6) is 0 Å². The molecule has 1 aromatic heterocycles. The second kappa shape index (κ2) is 10.4. The summed E-state index contributed by atoms with van der Waals surface area (Å²) in [6.07, 6.45) is 3.99. The van der Waals surface area contributed by atoms with Crippen LogP contribution in [-0.4, -0.2) is 36.9 Å². The smallest absolute Gasteiger partial charge is 0.248 e. The fourth-order valence-corrected chi connectivity index (χ4v) is 6.45. The first kappa shape index (κ1) is 25.8. The third-order valence-corrected chi connectivity index (χ3v) is 8.45. The van der Waals surface area contributed by atoms with E-state index in [1.165, 1.54) is 22.5 Å². The zero-order valence-electron chi connectivity index (χ0n) is 20.8. The SMILES string of the molecule is Cc1cc(C)c(NC(=O)[C@H]2CCCN(S(=O)(=O)c3c(C)noc3/C=C/c3ccccc3F)C2)c(C)c1. The number of sulfonamides is 1. The average Bonchev–Trinajstić information content (AvgIpc) is 3.21. The van der Waals surface area contributed by atoms with Crippen LogP contribution in [0, 0.1) is 39.4 Å². The fraction of sp³-hybridized carbons (Fsp3) is 0.333. The van der Waals surface area contributed by atoms with Crippen LogP contribution in [0.3, 0.4) is 0 Å². The van der Waals surface area contributed by atoms with Crippen LogP contribution in [0.4, 0.5) is 10.1 Å². The minimum absolute atomic E-state index is 0.0215. The number of halogens is 1. The molecule has 1 aliphatic heterocycles. The van der Waals surface area contributed by atoms with Gasteiger partial charge in [-0.3, -0.25) is 4.79 Å². The van der Waals surface area contributed by atoms with E-state index < -0.39 is 21.8 Å². The molecule has 2 aromatic carbocycles. The number of piperidine rings is 1. The van der Waals surface area contributed by atoms with Gasteiger partial charge >= 0.3 is 0 Å². The van der Waals surface area contributed by atoms with Gasteiger partial charge in [0, 0.05) is 24.3 Å². The molecule has 1 saturated heterocycles. The van der Waals surface area contributed by atoms with Crippen molar-refractivity contribution in [1.29, 1.82) is 0 Å². The molecule has 36 heavy (non-hydrogen) atoms. The van der Waals surface area contributed by atoms with E-state index in [0.29, 0.717) is 18.4 Å². The van der Waals surface area contributed by atoms with Gasteiger partial charge in [-0.15, -0.1) is 0 Å². The maximum atomic E-state index is 14.0. The van der Waals surface area contributed by atoms with E-state index in [1.807, 2.05) is 32.9 Å². The molecule has 4 rings (SSSR count). The average molecular weight is 512 g/mol. The molecule has 1 fully saturated rings. The number of rotatable bonds is 6. The Labute approximate surface area is 211 Å². The highest BCUT2D eigenvalue weighted by Gasteiger charge is 2.37. The highest BCUT2D eigenvalue weighted by molar-refractivity contribution is 7.89. The van der Waals surface area contributed by atoms with E-state index in [1.54, 1.807) is 25.1 Å². The summed E-state index contributed by atoms with van der Waals surface area (Å²) in [6, 6.07) is 10.2. The highest BCUT2D eigenvalue weighted by Crippen LogP contribution is 2.30. The van der Waals surface area contributed by atoms with E-state index in [2.05, 4.69) is 10.5 Å². The van der Waals surface area contributed by atoms with Crippen molar-refractivity contribution in [3.05, 3.63) is 75.9 Å². The van der Waals surface area contributed by atoms with Crippen LogP contribution in [0.2, 0.25) is 0 Å². The van der Waals surface area contributed by atoms with Crippen molar-refractivity contribution in [2.75, 3.05) is 18.4 Å². The number of carbonyl (C=O) groups excluding carboxylic acids is 1. The van der Waals surface area contributed by atoms with Gasteiger partial charge < -0.3 is 9.84 Å². The molecule has 9 heteroatoms. The standard InChI is InChI=1S/C27H30FN3O4S/c1-17-14-18(2)25(19(3)15-17)29-27(32)22-9-7-13-31(16-22)36(33,34)26-20(4)30-35-24(26)12-11-21-8-5-6-10-23(21)28/h5-6,8,10-12,14-15,22H,7,9,13,16H2,1-4H3,(H,29,32)/b12-11+/t22-/m0/s1. The largest absolute Gasteiger partial charge is 0.355 e. The number of hydrogen-bond acceptors (Lipinski definition) is 5. The number of nitrogens with one attached hydrogen (secondary N) is 1. The summed E-state index contributed by atoms with van der Waals surface area (Å²) in [5, 5.41) is 6.85. The van der Waals surface area contributed by atoms with Crippen molar-refractivity contribution in [1.82, 2.24) is 9.46 Å². The number of benzene rings is 2. The van der Waals surface area contributed by atoms with Crippen molar-refractivity contribution in [2.45, 2.75) is 45.4 Å². The minimum atomic E-state index is -4.00. The summed E-state index contributed by atoms with van der Waals surface area (Å²) in [5.41, 5.74) is 4.31. The van der Waals surface area contributed by atoms with Gasteiger partial charge in [0.25, 0.3) is 0 Å². The van der Waals surface area contributed by atoms with E-state index in [0.717, 1.165) is 22.4 Å². The summed E-state index contributed by atoms with van der Waals surface area (Å²) >= 11 is 0. The Balaban J connectivity index is 1.55. The zero-order chi connectivity index (χ0) is 26.0. The van der Waals surface area contributed by atoms with Gasteiger partial charge in [-0.1, -0.05) is 41.1 Å². The molecule has 1 amide bonds. The maximum absolute atomic E-state index is 14.0. The fourth-order valence-electron chi connectivity index (χ4n) is 4.68. The first-order valence-corrected chi connectivity index (χ1v) is 13.3. The van der Waals surface area contributed by atoms with E-state index >= 15 is 0 Å². The second-order valence-corrected chi connectivity index (χ2v) is 11.2. The molecule has 3 aromatic rings. The molecular weight excluding hydrogens is 481 g/mol. The summed E-state index contributed by atoms with van der Waals surface area (Å²) in [5.74, 6) is -1.11. The molecule has 2 heterocycles. The Bertz CT molecular complexity index is 1410. The summed E-state index contributed by atoms with van der Waals surface area (Å²) < 4.78 is 47.9. The Morgan fingerprint density at radius 3 is 2.53 bits per heavy atom. The Morgan fingerprint density at radius 2 is 1.83 bits per heavy atom. The van der Waals surface area contributed by atoms with Crippen molar-refractivity contribution in [2.24, 2.45) is 5.92 Å². The minimum Gasteiger partial charge on any atom is -0.355 e. The van der Waals surface area contributed by atoms with E-state index in [-0.39, 0.29) is 35.3 Å². The lowest BCUT2D eigenvalue weighted by atomic mass is 9.98. The van der Waals surface area contributed by atoms with Crippen molar-refractivity contribution in [3.63, 3.8) is 0 Å². The van der Waals surface area contributed by atoms with Crippen LogP contribution in [0.15, 0.2) is 45.8 Å². The molecule has 0 saturated carbocycles. The molecule has 1 atom stereocenters. The number of carbonyl (C=O) groups is 1. The highest BCUT2D eigenvalue weighted by atomic mass is 32.2. The molecule has 0 bridgehead atoms. The van der Waals surface area contributed by atoms with Crippen LogP contribution < -0.4 is 5.32 Å². The monoisotopic (exact) mass is 511 g/mol. The molecule has 0 radical (unpaired) electrons. The molecular formula is C27H30FN3O4S. The number of aryl methyl sites for hydroxylation is 4. The molecule has 1 N–H and O–H groups in total. The summed E-state index contributed by atoms with van der Waals surface area (Å²) in [7, 11) is -4.00. The summed E-state index contributed by atoms with van der Waals surface area (Å²) in [4.78, 5) is 13.1. The van der Waals surface area contributed by atoms with Crippen molar-refractivity contribution < 1.29 is 22.1 Å². The lowest BCUT2D eigenvalue weighted by Gasteiger charge is -2.31. The number of amides is 1. The third-order valence-electron chi connectivity index (χ3n) is 6.43. The van der Waals surface area contributed by atoms with Crippen LogP contribution in [0.25, 0.3) is 12.2 Å². The van der Waals surface area contributed by atoms with Crippen LogP contribution >= 0.6 is 0 Å². The first-order valence-electron chi connectivity index (χ1n) is 11.9. The molecule has 7 nitrogen and oxygen atoms in total. The second-order valence-electron chi connectivity index (χ2n) is 9.28.